The average molecular weight is 405 g/mol. The molecule has 0 bridgehead atoms. The quantitative estimate of drug-likeness (QED) is 0.449. The Labute approximate surface area is 183 Å². The van der Waals surface area contributed by atoms with E-state index in [4.69, 9.17) is 0 Å². The Balaban J connectivity index is 1.34. The molecule has 8 unspecified atom stereocenters. The summed E-state index contributed by atoms with van der Waals surface area (Å²) < 4.78 is 0. The van der Waals surface area contributed by atoms with E-state index in [1.54, 1.807) is 0 Å². The van der Waals surface area contributed by atoms with Gasteiger partial charge in [0.25, 0.3) is 0 Å². The Morgan fingerprint density at radius 2 is 2.03 bits per heavy atom. The van der Waals surface area contributed by atoms with Gasteiger partial charge in [-0.15, -0.1) is 0 Å². The summed E-state index contributed by atoms with van der Waals surface area (Å²) in [5.41, 5.74) is 4.02. The largest absolute Gasteiger partial charge is 0.290 e. The lowest BCUT2D eigenvalue weighted by Crippen LogP contribution is -2.63. The normalized spacial score (nSPS) is 49.8. The molecule has 0 N–H and O–H groups in total. The van der Waals surface area contributed by atoms with E-state index in [1.807, 2.05) is 12.2 Å². The van der Waals surface area contributed by atoms with Gasteiger partial charge in [0, 0.05) is 5.41 Å². The molecule has 6 rings (SSSR count). The monoisotopic (exact) mass is 404 g/mol. The topological polar surface area (TPSA) is 17.1 Å². The van der Waals surface area contributed by atoms with Gasteiger partial charge in [0.1, 0.15) is 0 Å². The van der Waals surface area contributed by atoms with Crippen LogP contribution in [0.15, 0.2) is 36.0 Å². The van der Waals surface area contributed by atoms with Crippen molar-refractivity contribution < 1.29 is 4.79 Å². The Kier molecular flexibility index (Phi) is 4.06. The number of allylic oxidation sites excluding steroid dienone is 5. The highest BCUT2D eigenvalue weighted by molar-refractivity contribution is 6.01. The SMILES string of the molecule is C=C(C)C1(CC(C)C2CCC2)CCC2C3CCC4=CC(=O)C=CC45CC(CC21C)C35. The zero-order valence-corrected chi connectivity index (χ0v) is 19.4. The molecule has 1 nitrogen and oxygen atoms in total. The van der Waals surface area contributed by atoms with Gasteiger partial charge in [-0.25, -0.2) is 0 Å². The van der Waals surface area contributed by atoms with Crippen LogP contribution < -0.4 is 0 Å². The van der Waals surface area contributed by atoms with Crippen LogP contribution in [0.5, 0.6) is 0 Å². The van der Waals surface area contributed by atoms with Gasteiger partial charge in [-0.05, 0) is 110 Å². The van der Waals surface area contributed by atoms with E-state index in [-0.39, 0.29) is 11.2 Å². The molecule has 0 amide bonds. The van der Waals surface area contributed by atoms with Crippen molar-refractivity contribution >= 4 is 5.78 Å². The molecule has 8 atom stereocenters. The molecule has 6 aliphatic rings. The van der Waals surface area contributed by atoms with Crippen LogP contribution >= 0.6 is 0 Å². The molecular formula is C29H40O. The first kappa shape index (κ1) is 19.6. The molecule has 30 heavy (non-hydrogen) atoms. The molecule has 6 aliphatic carbocycles. The Morgan fingerprint density at radius 3 is 2.73 bits per heavy atom. The van der Waals surface area contributed by atoms with E-state index >= 15 is 0 Å². The standard InChI is InChI=1S/C29H40O/c1-18(2)29(15-19(3)20-6-5-7-20)13-11-25-24-9-8-22-14-23(30)10-12-28(22)17-21(26(24)28)16-27(25,29)4/h10,12,14,19-21,24-26H,1,5-9,11,13,15-17H2,2-4H3. The van der Waals surface area contributed by atoms with Gasteiger partial charge in [-0.3, -0.25) is 4.79 Å². The fourth-order valence-corrected chi connectivity index (χ4v) is 10.2. The summed E-state index contributed by atoms with van der Waals surface area (Å²) in [5.74, 6) is 5.43. The van der Waals surface area contributed by atoms with Crippen molar-refractivity contribution in [2.45, 2.75) is 85.0 Å². The molecule has 162 valence electrons. The molecule has 0 aromatic rings. The second-order valence-electron chi connectivity index (χ2n) is 12.6. The Morgan fingerprint density at radius 1 is 1.23 bits per heavy atom. The van der Waals surface area contributed by atoms with E-state index < -0.39 is 0 Å². The predicted octanol–water partition coefficient (Wildman–Crippen LogP) is 7.29. The summed E-state index contributed by atoms with van der Waals surface area (Å²) in [6, 6.07) is 0. The van der Waals surface area contributed by atoms with E-state index in [0.717, 1.165) is 41.9 Å². The second kappa shape index (κ2) is 6.23. The molecule has 1 heteroatoms. The summed E-state index contributed by atoms with van der Waals surface area (Å²) in [6.45, 7) is 12.3. The highest BCUT2D eigenvalue weighted by atomic mass is 16.1. The van der Waals surface area contributed by atoms with Crippen molar-refractivity contribution in [1.29, 1.82) is 0 Å². The molecular weight excluding hydrogens is 364 g/mol. The summed E-state index contributed by atoms with van der Waals surface area (Å²) in [4.78, 5) is 12.0. The lowest BCUT2D eigenvalue weighted by atomic mass is 9.34. The van der Waals surface area contributed by atoms with Crippen LogP contribution in [0.4, 0.5) is 0 Å². The molecule has 0 radical (unpaired) electrons. The molecule has 0 saturated heterocycles. The lowest BCUT2D eigenvalue weighted by molar-refractivity contribution is -0.164. The third-order valence-electron chi connectivity index (χ3n) is 11.8. The zero-order chi connectivity index (χ0) is 20.9. The highest BCUT2D eigenvalue weighted by Gasteiger charge is 2.71. The van der Waals surface area contributed by atoms with Crippen LogP contribution in [0.25, 0.3) is 0 Å². The number of hydrogen-bond acceptors (Lipinski definition) is 1. The van der Waals surface area contributed by atoms with Gasteiger partial charge in [-0.1, -0.05) is 56.9 Å². The first-order valence-electron chi connectivity index (χ1n) is 12.9. The van der Waals surface area contributed by atoms with Crippen LogP contribution in [0.3, 0.4) is 0 Å². The number of carbonyl (C=O) groups is 1. The van der Waals surface area contributed by atoms with Gasteiger partial charge in [0.2, 0.25) is 0 Å². The summed E-state index contributed by atoms with van der Waals surface area (Å²) in [7, 11) is 0. The van der Waals surface area contributed by atoms with Crippen molar-refractivity contribution in [2.24, 2.45) is 51.8 Å². The maximum absolute atomic E-state index is 12.0. The van der Waals surface area contributed by atoms with E-state index in [9.17, 15) is 4.79 Å². The third kappa shape index (κ3) is 2.23. The van der Waals surface area contributed by atoms with Crippen molar-refractivity contribution in [3.63, 3.8) is 0 Å². The second-order valence-corrected chi connectivity index (χ2v) is 12.6. The smallest absolute Gasteiger partial charge is 0.178 e. The van der Waals surface area contributed by atoms with E-state index in [0.29, 0.717) is 10.8 Å². The maximum Gasteiger partial charge on any atom is 0.178 e. The third-order valence-corrected chi connectivity index (χ3v) is 11.8. The maximum atomic E-state index is 12.0. The number of hydrogen-bond donors (Lipinski definition) is 0. The number of carbonyl (C=O) groups excluding carboxylic acids is 1. The first-order valence-corrected chi connectivity index (χ1v) is 12.9. The Bertz CT molecular complexity index is 858. The van der Waals surface area contributed by atoms with Crippen molar-refractivity contribution in [2.75, 3.05) is 0 Å². The van der Waals surface area contributed by atoms with E-state index in [1.165, 1.54) is 68.9 Å². The number of rotatable bonds is 4. The van der Waals surface area contributed by atoms with Crippen molar-refractivity contribution in [3.05, 3.63) is 36.0 Å². The zero-order valence-electron chi connectivity index (χ0n) is 19.4. The summed E-state index contributed by atoms with van der Waals surface area (Å²) >= 11 is 0. The fourth-order valence-electron chi connectivity index (χ4n) is 10.2. The highest BCUT2D eigenvalue weighted by Crippen LogP contribution is 2.78. The van der Waals surface area contributed by atoms with Crippen LogP contribution in [-0.2, 0) is 4.79 Å². The Hall–Kier alpha value is -1.11. The minimum absolute atomic E-state index is 0.227. The number of fused-ring (bicyclic) bond motifs is 2. The number of ketones is 1. The average Bonchev–Trinajstić information content (AvgIpc) is 2.92. The molecule has 0 heterocycles. The lowest BCUT2D eigenvalue weighted by Gasteiger charge is -2.70. The molecule has 5 saturated carbocycles. The molecule has 0 aromatic carbocycles. The van der Waals surface area contributed by atoms with Crippen LogP contribution in [0.1, 0.15) is 85.0 Å². The molecule has 0 aromatic heterocycles. The fraction of sp³-hybridized carbons (Fsp3) is 0.759. The van der Waals surface area contributed by atoms with Gasteiger partial charge in [0.05, 0.1) is 0 Å². The van der Waals surface area contributed by atoms with Crippen LogP contribution in [0.2, 0.25) is 0 Å². The van der Waals surface area contributed by atoms with Crippen molar-refractivity contribution in [3.8, 4) is 0 Å². The summed E-state index contributed by atoms with van der Waals surface area (Å²) in [6.07, 6.45) is 20.0. The molecule has 1 spiro atoms. The summed E-state index contributed by atoms with van der Waals surface area (Å²) in [5, 5.41) is 0. The van der Waals surface area contributed by atoms with Gasteiger partial charge in [-0.2, -0.15) is 0 Å². The van der Waals surface area contributed by atoms with E-state index in [2.05, 4.69) is 33.4 Å². The van der Waals surface area contributed by atoms with Crippen LogP contribution in [0, 0.1) is 51.8 Å². The predicted molar refractivity (Wildman–Crippen MR) is 123 cm³/mol. The van der Waals surface area contributed by atoms with Crippen molar-refractivity contribution in [1.82, 2.24) is 0 Å². The van der Waals surface area contributed by atoms with Gasteiger partial charge in [0.15, 0.2) is 5.78 Å². The van der Waals surface area contributed by atoms with Gasteiger partial charge >= 0.3 is 0 Å². The minimum Gasteiger partial charge on any atom is -0.290 e. The van der Waals surface area contributed by atoms with Gasteiger partial charge < -0.3 is 0 Å². The molecule has 0 aliphatic heterocycles. The van der Waals surface area contributed by atoms with Crippen LogP contribution in [-0.4, -0.2) is 5.78 Å². The minimum atomic E-state index is 0.227. The molecule has 5 fully saturated rings. The first-order chi connectivity index (χ1) is 14.3.